The molecule has 0 aliphatic carbocycles. The summed E-state index contributed by atoms with van der Waals surface area (Å²) < 4.78 is 0. The molecule has 1 aliphatic rings. The first-order valence-corrected chi connectivity index (χ1v) is 12.3. The molecule has 6 nitrogen and oxygen atoms in total. The minimum Gasteiger partial charge on any atom is -0.353 e. The number of amides is 1. The Labute approximate surface area is 206 Å². The van der Waals surface area contributed by atoms with Gasteiger partial charge in [-0.05, 0) is 37.5 Å². The summed E-state index contributed by atoms with van der Waals surface area (Å²) in [5.74, 6) is 2.09. The lowest BCUT2D eigenvalue weighted by Gasteiger charge is -2.35. The van der Waals surface area contributed by atoms with E-state index in [4.69, 9.17) is 4.98 Å². The quantitative estimate of drug-likeness (QED) is 0.412. The van der Waals surface area contributed by atoms with E-state index < -0.39 is 0 Å². The third-order valence-electron chi connectivity index (χ3n) is 6.55. The third kappa shape index (κ3) is 5.43. The van der Waals surface area contributed by atoms with Gasteiger partial charge in [-0.2, -0.15) is 0 Å². The van der Waals surface area contributed by atoms with Crippen LogP contribution in [0.25, 0.3) is 22.6 Å². The van der Waals surface area contributed by atoms with Crippen LogP contribution in [-0.2, 0) is 11.2 Å². The molecule has 2 aromatic carbocycles. The van der Waals surface area contributed by atoms with Crippen LogP contribution in [0.15, 0.2) is 79.0 Å². The molecule has 1 amide bonds. The Balaban J connectivity index is 1.20. The predicted molar refractivity (Wildman–Crippen MR) is 140 cm³/mol. The zero-order chi connectivity index (χ0) is 24.0. The minimum absolute atomic E-state index is 0.228. The molecule has 35 heavy (non-hydrogen) atoms. The monoisotopic (exact) mass is 465 g/mol. The van der Waals surface area contributed by atoms with E-state index in [2.05, 4.69) is 52.1 Å². The van der Waals surface area contributed by atoms with E-state index in [1.807, 2.05) is 53.6 Å². The van der Waals surface area contributed by atoms with Gasteiger partial charge in [0.15, 0.2) is 0 Å². The summed E-state index contributed by atoms with van der Waals surface area (Å²) in [6, 6.07) is 24.5. The number of benzene rings is 2. The van der Waals surface area contributed by atoms with Gasteiger partial charge in [-0.25, -0.2) is 9.97 Å². The molecule has 2 aromatic heterocycles. The summed E-state index contributed by atoms with van der Waals surface area (Å²) in [6.45, 7) is 5.21. The number of H-pyrrole nitrogens is 1. The first kappa shape index (κ1) is 22.8. The average molecular weight is 466 g/mol. The van der Waals surface area contributed by atoms with E-state index in [0.717, 1.165) is 73.2 Å². The molecule has 0 atom stereocenters. The van der Waals surface area contributed by atoms with Gasteiger partial charge < -0.3 is 14.8 Å². The molecule has 5 rings (SSSR count). The fourth-order valence-corrected chi connectivity index (χ4v) is 4.61. The van der Waals surface area contributed by atoms with Crippen LogP contribution in [0.3, 0.4) is 0 Å². The first-order valence-electron chi connectivity index (χ1n) is 12.3. The van der Waals surface area contributed by atoms with Crippen LogP contribution in [0.2, 0.25) is 0 Å². The number of nitrogens with zero attached hydrogens (tertiary/aromatic N) is 4. The van der Waals surface area contributed by atoms with Crippen molar-refractivity contribution in [2.75, 3.05) is 31.1 Å². The van der Waals surface area contributed by atoms with Gasteiger partial charge in [0.25, 0.3) is 0 Å². The number of aromatic nitrogens is 3. The van der Waals surface area contributed by atoms with Crippen LogP contribution in [-0.4, -0.2) is 51.9 Å². The van der Waals surface area contributed by atoms with Crippen LogP contribution in [0.4, 0.5) is 5.82 Å². The number of rotatable bonds is 7. The molecule has 0 spiro atoms. The van der Waals surface area contributed by atoms with Gasteiger partial charge >= 0.3 is 0 Å². The van der Waals surface area contributed by atoms with Gasteiger partial charge in [0.2, 0.25) is 5.91 Å². The van der Waals surface area contributed by atoms with Crippen molar-refractivity contribution in [2.24, 2.45) is 0 Å². The highest BCUT2D eigenvalue weighted by Gasteiger charge is 2.22. The van der Waals surface area contributed by atoms with Crippen LogP contribution >= 0.6 is 0 Å². The zero-order valence-electron chi connectivity index (χ0n) is 20.2. The molecular weight excluding hydrogens is 434 g/mol. The Morgan fingerprint density at radius 1 is 0.914 bits per heavy atom. The van der Waals surface area contributed by atoms with E-state index in [1.54, 1.807) is 0 Å². The summed E-state index contributed by atoms with van der Waals surface area (Å²) in [4.78, 5) is 30.1. The molecule has 1 saturated heterocycles. The highest BCUT2D eigenvalue weighted by Crippen LogP contribution is 2.27. The van der Waals surface area contributed by atoms with E-state index in [0.29, 0.717) is 6.42 Å². The van der Waals surface area contributed by atoms with Crippen molar-refractivity contribution in [3.05, 3.63) is 90.3 Å². The van der Waals surface area contributed by atoms with Gasteiger partial charge in [-0.3, -0.25) is 4.79 Å². The zero-order valence-corrected chi connectivity index (χ0v) is 20.2. The number of pyridine rings is 1. The highest BCUT2D eigenvalue weighted by atomic mass is 16.2. The number of carbonyl (C=O) groups excluding carboxylic acids is 1. The largest absolute Gasteiger partial charge is 0.353 e. The van der Waals surface area contributed by atoms with Crippen molar-refractivity contribution in [1.29, 1.82) is 0 Å². The van der Waals surface area contributed by atoms with Gasteiger partial charge in [-0.15, -0.1) is 0 Å². The molecular formula is C29H31N5O. The lowest BCUT2D eigenvalue weighted by Crippen LogP contribution is -2.49. The topological polar surface area (TPSA) is 65.1 Å². The van der Waals surface area contributed by atoms with E-state index in [-0.39, 0.29) is 5.91 Å². The number of nitrogens with one attached hydrogen (secondary N) is 1. The first-order chi connectivity index (χ1) is 17.2. The maximum atomic E-state index is 12.9. The fraction of sp³-hybridized carbons (Fsp3) is 0.276. The van der Waals surface area contributed by atoms with Crippen molar-refractivity contribution in [1.82, 2.24) is 19.9 Å². The van der Waals surface area contributed by atoms with Crippen LogP contribution in [0.5, 0.6) is 0 Å². The molecule has 3 heterocycles. The molecule has 1 aliphatic heterocycles. The third-order valence-corrected chi connectivity index (χ3v) is 6.55. The maximum Gasteiger partial charge on any atom is 0.222 e. The number of anilines is 1. The second kappa shape index (κ2) is 10.6. The normalized spacial score (nSPS) is 13.7. The van der Waals surface area contributed by atoms with Gasteiger partial charge in [-0.1, -0.05) is 60.7 Å². The second-order valence-electron chi connectivity index (χ2n) is 9.06. The molecule has 0 saturated carbocycles. The lowest BCUT2D eigenvalue weighted by molar-refractivity contribution is -0.131. The van der Waals surface area contributed by atoms with E-state index in [1.165, 1.54) is 5.56 Å². The van der Waals surface area contributed by atoms with Gasteiger partial charge in [0.05, 0.1) is 5.69 Å². The number of imidazole rings is 1. The summed E-state index contributed by atoms with van der Waals surface area (Å²) >= 11 is 0. The van der Waals surface area contributed by atoms with Crippen LogP contribution in [0.1, 0.15) is 24.1 Å². The maximum absolute atomic E-state index is 12.9. The molecule has 4 aromatic rings. The number of hydrogen-bond donors (Lipinski definition) is 1. The molecule has 0 unspecified atom stereocenters. The Bertz CT molecular complexity index is 1260. The molecule has 0 radical (unpaired) electrons. The lowest BCUT2D eigenvalue weighted by atomic mass is 10.1. The smallest absolute Gasteiger partial charge is 0.222 e. The summed E-state index contributed by atoms with van der Waals surface area (Å²) in [6.07, 6.45) is 3.96. The predicted octanol–water partition coefficient (Wildman–Crippen LogP) is 5.12. The Kier molecular flexibility index (Phi) is 6.89. The van der Waals surface area contributed by atoms with E-state index >= 15 is 0 Å². The van der Waals surface area contributed by atoms with Crippen molar-refractivity contribution in [3.8, 4) is 22.6 Å². The summed E-state index contributed by atoms with van der Waals surface area (Å²) in [5, 5.41) is 0. The number of piperazine rings is 1. The SMILES string of the molecule is Cc1ccnc(N2CCN(C(=O)CCCc3[nH]c(-c4ccccc4)nc3-c3ccccc3)CC2)c1. The number of aryl methyl sites for hydroxylation is 2. The molecule has 178 valence electrons. The van der Waals surface area contributed by atoms with Gasteiger partial charge in [0, 0.05) is 55.6 Å². The summed E-state index contributed by atoms with van der Waals surface area (Å²) in [5.41, 5.74) is 5.41. The van der Waals surface area contributed by atoms with Crippen molar-refractivity contribution in [3.63, 3.8) is 0 Å². The summed E-state index contributed by atoms with van der Waals surface area (Å²) in [7, 11) is 0. The average Bonchev–Trinajstić information content (AvgIpc) is 3.34. The number of aromatic amines is 1. The Morgan fingerprint density at radius 3 is 2.29 bits per heavy atom. The molecule has 1 fully saturated rings. The van der Waals surface area contributed by atoms with Crippen molar-refractivity contribution < 1.29 is 4.79 Å². The van der Waals surface area contributed by atoms with Crippen molar-refractivity contribution >= 4 is 11.7 Å². The minimum atomic E-state index is 0.228. The molecule has 0 bridgehead atoms. The second-order valence-corrected chi connectivity index (χ2v) is 9.06. The highest BCUT2D eigenvalue weighted by molar-refractivity contribution is 5.76. The van der Waals surface area contributed by atoms with E-state index in [9.17, 15) is 4.79 Å². The number of carbonyl (C=O) groups is 1. The van der Waals surface area contributed by atoms with Gasteiger partial charge in [0.1, 0.15) is 11.6 Å². The fourth-order valence-electron chi connectivity index (χ4n) is 4.61. The Hall–Kier alpha value is -3.93. The number of hydrogen-bond acceptors (Lipinski definition) is 4. The van der Waals surface area contributed by atoms with Crippen LogP contribution in [0, 0.1) is 6.92 Å². The van der Waals surface area contributed by atoms with Crippen molar-refractivity contribution in [2.45, 2.75) is 26.2 Å². The standard InChI is InChI=1S/C29H31N5O/c1-22-15-16-30-26(21-22)33-17-19-34(20-18-33)27(35)14-8-13-25-28(23-9-4-2-5-10-23)32-29(31-25)24-11-6-3-7-12-24/h2-7,9-12,15-16,21H,8,13-14,17-20H2,1H3,(H,31,32). The molecule has 1 N–H and O–H groups in total. The Morgan fingerprint density at radius 2 is 1.60 bits per heavy atom. The van der Waals surface area contributed by atoms with Crippen LogP contribution < -0.4 is 4.90 Å². The molecule has 6 heteroatoms.